The topological polar surface area (TPSA) is 86.8 Å². The summed E-state index contributed by atoms with van der Waals surface area (Å²) in [5.74, 6) is -0.804. The molecule has 0 saturated carbocycles. The Balaban J connectivity index is 2.06. The molecule has 0 aromatic heterocycles. The van der Waals surface area contributed by atoms with Gasteiger partial charge in [0.1, 0.15) is 12.6 Å². The van der Waals surface area contributed by atoms with Gasteiger partial charge in [-0.05, 0) is 55.7 Å². The number of carbonyl (C=O) groups excluding carboxylic acids is 2. The zero-order valence-electron chi connectivity index (χ0n) is 22.1. The summed E-state index contributed by atoms with van der Waals surface area (Å²) in [6.45, 7) is 5.15. The number of halogens is 1. The second kappa shape index (κ2) is 12.9. The van der Waals surface area contributed by atoms with Crippen LogP contribution in [0.1, 0.15) is 30.5 Å². The Morgan fingerprint density at radius 3 is 2.08 bits per heavy atom. The van der Waals surface area contributed by atoms with E-state index in [0.717, 1.165) is 21.7 Å². The molecule has 0 unspecified atom stereocenters. The van der Waals surface area contributed by atoms with Crippen LogP contribution in [0, 0.1) is 6.92 Å². The smallest absolute Gasteiger partial charge is 0.244 e. The highest BCUT2D eigenvalue weighted by molar-refractivity contribution is 7.92. The fourth-order valence-electron chi connectivity index (χ4n) is 4.16. The minimum atomic E-state index is -3.80. The molecular weight excluding hydrogens is 522 g/mol. The quantitative estimate of drug-likeness (QED) is 0.375. The number of para-hydroxylation sites is 1. The number of sulfonamides is 1. The summed E-state index contributed by atoms with van der Waals surface area (Å²) in [5, 5.41) is 3.48. The van der Waals surface area contributed by atoms with Gasteiger partial charge in [-0.1, -0.05) is 72.3 Å². The van der Waals surface area contributed by atoms with Gasteiger partial charge in [0, 0.05) is 24.0 Å². The van der Waals surface area contributed by atoms with E-state index in [1.807, 2.05) is 44.2 Å². The summed E-state index contributed by atoms with van der Waals surface area (Å²) in [4.78, 5) is 29.0. The number of nitrogens with one attached hydrogen (secondary N) is 1. The maximum absolute atomic E-state index is 14.0. The van der Waals surface area contributed by atoms with E-state index >= 15 is 0 Å². The van der Waals surface area contributed by atoms with E-state index in [4.69, 9.17) is 11.6 Å². The molecule has 0 radical (unpaired) electrons. The van der Waals surface area contributed by atoms with Crippen LogP contribution in [-0.2, 0) is 32.6 Å². The highest BCUT2D eigenvalue weighted by Gasteiger charge is 2.33. The minimum Gasteiger partial charge on any atom is -0.352 e. The Bertz CT molecular complexity index is 1350. The largest absolute Gasteiger partial charge is 0.352 e. The molecule has 38 heavy (non-hydrogen) atoms. The molecule has 0 saturated heterocycles. The van der Waals surface area contributed by atoms with Crippen molar-refractivity contribution < 1.29 is 18.0 Å². The lowest BCUT2D eigenvalue weighted by molar-refractivity contribution is -0.140. The number of carbonyl (C=O) groups is 2. The third kappa shape index (κ3) is 8.07. The van der Waals surface area contributed by atoms with Crippen LogP contribution in [0.3, 0.4) is 0 Å². The summed E-state index contributed by atoms with van der Waals surface area (Å²) in [6.07, 6.45) is 1.34. The molecule has 3 aromatic carbocycles. The van der Waals surface area contributed by atoms with Gasteiger partial charge in [-0.25, -0.2) is 8.42 Å². The molecule has 9 heteroatoms. The summed E-state index contributed by atoms with van der Waals surface area (Å²) >= 11 is 6.07. The van der Waals surface area contributed by atoms with Crippen LogP contribution < -0.4 is 9.62 Å². The Morgan fingerprint density at radius 1 is 0.895 bits per heavy atom. The average molecular weight is 556 g/mol. The third-order valence-corrected chi connectivity index (χ3v) is 7.41. The van der Waals surface area contributed by atoms with E-state index in [-0.39, 0.29) is 24.9 Å². The monoisotopic (exact) mass is 555 g/mol. The Kier molecular flexibility index (Phi) is 9.94. The molecule has 202 valence electrons. The van der Waals surface area contributed by atoms with Crippen LogP contribution in [0.2, 0.25) is 5.02 Å². The van der Waals surface area contributed by atoms with E-state index in [9.17, 15) is 18.0 Å². The Labute approximate surface area is 230 Å². The summed E-state index contributed by atoms with van der Waals surface area (Å²) in [5.41, 5.74) is 2.78. The normalized spacial score (nSPS) is 12.2. The molecule has 0 aliphatic rings. The lowest BCUT2D eigenvalue weighted by atomic mass is 10.0. The van der Waals surface area contributed by atoms with Gasteiger partial charge in [-0.2, -0.15) is 0 Å². The van der Waals surface area contributed by atoms with Crippen molar-refractivity contribution in [1.82, 2.24) is 10.2 Å². The van der Waals surface area contributed by atoms with E-state index in [0.29, 0.717) is 16.3 Å². The van der Waals surface area contributed by atoms with Gasteiger partial charge in [0.05, 0.1) is 11.9 Å². The van der Waals surface area contributed by atoms with Crippen LogP contribution in [0.5, 0.6) is 0 Å². The van der Waals surface area contributed by atoms with E-state index in [1.54, 1.807) is 55.5 Å². The highest BCUT2D eigenvalue weighted by Crippen LogP contribution is 2.23. The van der Waals surface area contributed by atoms with Crippen LogP contribution in [0.25, 0.3) is 0 Å². The predicted octanol–water partition coefficient (Wildman–Crippen LogP) is 4.58. The van der Waals surface area contributed by atoms with Crippen molar-refractivity contribution in [2.24, 2.45) is 0 Å². The molecule has 7 nitrogen and oxygen atoms in total. The number of nitrogens with zero attached hydrogens (tertiary/aromatic N) is 2. The Hall–Kier alpha value is -3.36. The van der Waals surface area contributed by atoms with Crippen molar-refractivity contribution in [3.8, 4) is 0 Å². The lowest BCUT2D eigenvalue weighted by Gasteiger charge is -2.34. The van der Waals surface area contributed by atoms with Crippen molar-refractivity contribution in [3.63, 3.8) is 0 Å². The molecule has 0 spiro atoms. The van der Waals surface area contributed by atoms with E-state index in [2.05, 4.69) is 5.32 Å². The van der Waals surface area contributed by atoms with Gasteiger partial charge in [-0.15, -0.1) is 0 Å². The van der Waals surface area contributed by atoms with Gasteiger partial charge in [0.2, 0.25) is 21.8 Å². The highest BCUT2D eigenvalue weighted by atomic mass is 35.5. The van der Waals surface area contributed by atoms with Crippen molar-refractivity contribution in [3.05, 3.63) is 101 Å². The second-order valence-corrected chi connectivity index (χ2v) is 11.9. The van der Waals surface area contributed by atoms with Gasteiger partial charge < -0.3 is 10.2 Å². The number of rotatable bonds is 11. The first kappa shape index (κ1) is 29.2. The van der Waals surface area contributed by atoms with Gasteiger partial charge in [0.15, 0.2) is 0 Å². The zero-order valence-corrected chi connectivity index (χ0v) is 23.7. The minimum absolute atomic E-state index is 0.102. The molecule has 3 aromatic rings. The second-order valence-electron chi connectivity index (χ2n) is 9.57. The predicted molar refractivity (Wildman–Crippen MR) is 153 cm³/mol. The number of amides is 2. The lowest BCUT2D eigenvalue weighted by Crippen LogP contribution is -2.54. The Morgan fingerprint density at radius 2 is 1.50 bits per heavy atom. The summed E-state index contributed by atoms with van der Waals surface area (Å²) in [7, 11) is -3.80. The molecular formula is C29H34ClN3O4S. The van der Waals surface area contributed by atoms with Crippen molar-refractivity contribution in [1.29, 1.82) is 0 Å². The fourth-order valence-corrected chi connectivity index (χ4v) is 5.19. The SMILES string of the molecule is Cc1ccccc1N(CC(=O)N(Cc1ccc(Cl)cc1)[C@H](Cc1ccccc1)C(=O)NC(C)C)S(C)(=O)=O. The van der Waals surface area contributed by atoms with E-state index in [1.165, 1.54) is 4.90 Å². The first-order valence-corrected chi connectivity index (χ1v) is 14.6. The molecule has 0 fully saturated rings. The molecule has 1 N–H and O–H groups in total. The third-order valence-electron chi connectivity index (χ3n) is 6.03. The molecule has 1 atom stereocenters. The van der Waals surface area contributed by atoms with Gasteiger partial charge >= 0.3 is 0 Å². The fraction of sp³-hybridized carbons (Fsp3) is 0.310. The van der Waals surface area contributed by atoms with Crippen LogP contribution in [0.4, 0.5) is 5.69 Å². The van der Waals surface area contributed by atoms with Gasteiger partial charge in [0.25, 0.3) is 0 Å². The van der Waals surface area contributed by atoms with E-state index < -0.39 is 28.5 Å². The van der Waals surface area contributed by atoms with Crippen LogP contribution >= 0.6 is 11.6 Å². The van der Waals surface area contributed by atoms with Crippen molar-refractivity contribution in [2.75, 3.05) is 17.1 Å². The van der Waals surface area contributed by atoms with Crippen LogP contribution in [0.15, 0.2) is 78.9 Å². The zero-order chi connectivity index (χ0) is 27.9. The molecule has 0 bridgehead atoms. The van der Waals surface area contributed by atoms with Crippen molar-refractivity contribution >= 4 is 39.1 Å². The van der Waals surface area contributed by atoms with Crippen molar-refractivity contribution in [2.45, 2.75) is 45.8 Å². The molecule has 3 rings (SSSR count). The van der Waals surface area contributed by atoms with Gasteiger partial charge in [-0.3, -0.25) is 13.9 Å². The first-order chi connectivity index (χ1) is 18.0. The molecule has 0 heterocycles. The summed E-state index contributed by atoms with van der Waals surface area (Å²) < 4.78 is 26.8. The molecule has 2 amide bonds. The van der Waals surface area contributed by atoms with Crippen LogP contribution in [-0.4, -0.2) is 50.0 Å². The maximum atomic E-state index is 14.0. The first-order valence-electron chi connectivity index (χ1n) is 12.4. The summed E-state index contributed by atoms with van der Waals surface area (Å²) in [6, 6.07) is 22.4. The number of aryl methyl sites for hydroxylation is 1. The maximum Gasteiger partial charge on any atom is 0.244 e. The standard InChI is InChI=1S/C29H34ClN3O4S/c1-21(2)31-29(35)27(18-23-11-6-5-7-12-23)32(19-24-14-16-25(30)17-15-24)28(34)20-33(38(4,36)37)26-13-9-8-10-22(26)3/h5-17,21,27H,18-20H2,1-4H3,(H,31,35)/t27-/m1/s1. The average Bonchev–Trinajstić information content (AvgIpc) is 2.85. The number of anilines is 1. The number of hydrogen-bond acceptors (Lipinski definition) is 4. The number of benzene rings is 3. The molecule has 0 aliphatic carbocycles. The molecule has 0 aliphatic heterocycles. The number of hydrogen-bond donors (Lipinski definition) is 1.